The van der Waals surface area contributed by atoms with E-state index < -0.39 is 0 Å². The van der Waals surface area contributed by atoms with Crippen LogP contribution in [0.25, 0.3) is 0 Å². The number of carbonyl (C=O) groups is 1. The molecule has 0 N–H and O–H groups in total. The van der Waals surface area contributed by atoms with E-state index in [2.05, 4.69) is 33.4 Å². The molecular formula is C14H22O. The Hall–Kier alpha value is -0.850. The van der Waals surface area contributed by atoms with Crippen molar-refractivity contribution >= 4 is 5.78 Å². The Labute approximate surface area is 93.3 Å². The summed E-state index contributed by atoms with van der Waals surface area (Å²) in [5.41, 5.74) is 1.45. The van der Waals surface area contributed by atoms with Gasteiger partial charge in [-0.3, -0.25) is 4.79 Å². The Balaban J connectivity index is 2.90. The van der Waals surface area contributed by atoms with Crippen LogP contribution in [0.4, 0.5) is 0 Å². The van der Waals surface area contributed by atoms with Crippen molar-refractivity contribution in [3.8, 4) is 0 Å². The van der Waals surface area contributed by atoms with Crippen LogP contribution in [0.15, 0.2) is 24.3 Å². The molecule has 1 fully saturated rings. The Morgan fingerprint density at radius 1 is 1.53 bits per heavy atom. The van der Waals surface area contributed by atoms with E-state index in [1.54, 1.807) is 13.0 Å². The summed E-state index contributed by atoms with van der Waals surface area (Å²) in [6, 6.07) is 0. The minimum atomic E-state index is 0.129. The molecule has 0 bridgehead atoms. The lowest BCUT2D eigenvalue weighted by molar-refractivity contribution is -0.112. The van der Waals surface area contributed by atoms with Crippen LogP contribution >= 0.6 is 0 Å². The molecule has 0 aromatic heterocycles. The van der Waals surface area contributed by atoms with Gasteiger partial charge >= 0.3 is 0 Å². The summed E-state index contributed by atoms with van der Waals surface area (Å²) in [6.45, 7) is 12.5. The molecule has 0 aromatic carbocycles. The second-order valence-corrected chi connectivity index (χ2v) is 5.34. The molecule has 1 aliphatic rings. The molecule has 2 atom stereocenters. The van der Waals surface area contributed by atoms with Gasteiger partial charge in [0.1, 0.15) is 0 Å². The third-order valence-corrected chi connectivity index (χ3v) is 3.80. The minimum absolute atomic E-state index is 0.129. The SMILES string of the molecule is C=C1CCC(C)C(/C=C/C(C)=O)C1(C)C. The molecule has 0 aliphatic heterocycles. The molecule has 0 saturated heterocycles. The lowest BCUT2D eigenvalue weighted by atomic mass is 9.62. The van der Waals surface area contributed by atoms with Gasteiger partial charge in [0.2, 0.25) is 0 Å². The summed E-state index contributed by atoms with van der Waals surface area (Å²) in [5.74, 6) is 1.22. The zero-order valence-corrected chi connectivity index (χ0v) is 10.3. The second kappa shape index (κ2) is 4.34. The summed E-state index contributed by atoms with van der Waals surface area (Å²) in [6.07, 6.45) is 6.10. The number of allylic oxidation sites excluding steroid dienone is 3. The van der Waals surface area contributed by atoms with Gasteiger partial charge in [0.15, 0.2) is 5.78 Å². The van der Waals surface area contributed by atoms with Gasteiger partial charge in [0.05, 0.1) is 0 Å². The van der Waals surface area contributed by atoms with E-state index >= 15 is 0 Å². The topological polar surface area (TPSA) is 17.1 Å². The van der Waals surface area contributed by atoms with E-state index in [-0.39, 0.29) is 11.2 Å². The zero-order valence-electron chi connectivity index (χ0n) is 10.3. The normalized spacial score (nSPS) is 30.8. The van der Waals surface area contributed by atoms with Crippen molar-refractivity contribution in [1.29, 1.82) is 0 Å². The molecule has 2 unspecified atom stereocenters. The number of rotatable bonds is 2. The fourth-order valence-corrected chi connectivity index (χ4v) is 2.52. The number of hydrogen-bond acceptors (Lipinski definition) is 1. The summed E-state index contributed by atoms with van der Waals surface area (Å²) in [5, 5.41) is 0. The van der Waals surface area contributed by atoms with Crippen LogP contribution in [0.1, 0.15) is 40.5 Å². The van der Waals surface area contributed by atoms with E-state index in [1.807, 2.05) is 0 Å². The maximum absolute atomic E-state index is 11.0. The third-order valence-electron chi connectivity index (χ3n) is 3.80. The maximum atomic E-state index is 11.0. The first-order valence-electron chi connectivity index (χ1n) is 5.72. The van der Waals surface area contributed by atoms with Crippen molar-refractivity contribution in [2.24, 2.45) is 17.3 Å². The first-order chi connectivity index (χ1) is 6.85. The predicted molar refractivity (Wildman–Crippen MR) is 64.6 cm³/mol. The molecule has 15 heavy (non-hydrogen) atoms. The maximum Gasteiger partial charge on any atom is 0.152 e. The first kappa shape index (κ1) is 12.2. The van der Waals surface area contributed by atoms with Crippen LogP contribution in [-0.4, -0.2) is 5.78 Å². The molecule has 1 rings (SSSR count). The van der Waals surface area contributed by atoms with Crippen molar-refractivity contribution in [1.82, 2.24) is 0 Å². The Morgan fingerprint density at radius 3 is 2.67 bits per heavy atom. The highest BCUT2D eigenvalue weighted by Crippen LogP contribution is 2.47. The van der Waals surface area contributed by atoms with Crippen LogP contribution in [-0.2, 0) is 4.79 Å². The highest BCUT2D eigenvalue weighted by Gasteiger charge is 2.37. The molecule has 0 radical (unpaired) electrons. The van der Waals surface area contributed by atoms with E-state index in [9.17, 15) is 4.79 Å². The molecule has 0 aromatic rings. The molecule has 0 spiro atoms. The van der Waals surface area contributed by atoms with Gasteiger partial charge in [-0.2, -0.15) is 0 Å². The average Bonchev–Trinajstić information content (AvgIpc) is 2.11. The van der Waals surface area contributed by atoms with Gasteiger partial charge in [-0.1, -0.05) is 39.0 Å². The van der Waals surface area contributed by atoms with E-state index in [4.69, 9.17) is 0 Å². The van der Waals surface area contributed by atoms with Crippen molar-refractivity contribution in [2.75, 3.05) is 0 Å². The van der Waals surface area contributed by atoms with Gasteiger partial charge in [0.25, 0.3) is 0 Å². The molecule has 1 heteroatoms. The number of hydrogen-bond donors (Lipinski definition) is 0. The summed E-state index contributed by atoms with van der Waals surface area (Å²) in [4.78, 5) is 11.0. The van der Waals surface area contributed by atoms with E-state index in [0.29, 0.717) is 11.8 Å². The molecule has 1 nitrogen and oxygen atoms in total. The molecule has 0 heterocycles. The standard InChI is InChI=1S/C14H22O/c1-10-6-7-11(2)14(4,5)13(10)9-8-12(3)15/h8-10,13H,2,6-7H2,1,3-5H3/b9-8+. The molecule has 1 aliphatic carbocycles. The molecule has 84 valence electrons. The minimum Gasteiger partial charge on any atom is -0.295 e. The average molecular weight is 206 g/mol. The van der Waals surface area contributed by atoms with E-state index in [0.717, 1.165) is 6.42 Å². The van der Waals surface area contributed by atoms with Crippen LogP contribution in [0.2, 0.25) is 0 Å². The third kappa shape index (κ3) is 2.58. The lowest BCUT2D eigenvalue weighted by Gasteiger charge is -2.43. The largest absolute Gasteiger partial charge is 0.295 e. The second-order valence-electron chi connectivity index (χ2n) is 5.34. The Kier molecular flexibility index (Phi) is 3.54. The van der Waals surface area contributed by atoms with Crippen molar-refractivity contribution in [3.05, 3.63) is 24.3 Å². The lowest BCUT2D eigenvalue weighted by Crippen LogP contribution is -2.34. The predicted octanol–water partition coefficient (Wildman–Crippen LogP) is 3.76. The highest BCUT2D eigenvalue weighted by molar-refractivity contribution is 5.87. The fourth-order valence-electron chi connectivity index (χ4n) is 2.52. The molecule has 1 saturated carbocycles. The quantitative estimate of drug-likeness (QED) is 0.496. The Morgan fingerprint density at radius 2 is 2.13 bits per heavy atom. The first-order valence-corrected chi connectivity index (χ1v) is 5.72. The zero-order chi connectivity index (χ0) is 11.6. The van der Waals surface area contributed by atoms with Crippen LogP contribution in [0.5, 0.6) is 0 Å². The highest BCUT2D eigenvalue weighted by atomic mass is 16.1. The van der Waals surface area contributed by atoms with E-state index in [1.165, 1.54) is 12.0 Å². The van der Waals surface area contributed by atoms with Gasteiger partial charge < -0.3 is 0 Å². The summed E-state index contributed by atoms with van der Waals surface area (Å²) < 4.78 is 0. The van der Waals surface area contributed by atoms with Gasteiger partial charge in [-0.05, 0) is 43.1 Å². The van der Waals surface area contributed by atoms with Crippen molar-refractivity contribution in [3.63, 3.8) is 0 Å². The van der Waals surface area contributed by atoms with Gasteiger partial charge in [0, 0.05) is 0 Å². The Bertz CT molecular complexity index is 296. The smallest absolute Gasteiger partial charge is 0.152 e. The monoisotopic (exact) mass is 206 g/mol. The number of carbonyl (C=O) groups excluding carboxylic acids is 1. The van der Waals surface area contributed by atoms with Crippen LogP contribution < -0.4 is 0 Å². The van der Waals surface area contributed by atoms with Crippen molar-refractivity contribution < 1.29 is 4.79 Å². The van der Waals surface area contributed by atoms with Gasteiger partial charge in [-0.25, -0.2) is 0 Å². The molecular weight excluding hydrogens is 184 g/mol. The number of ketones is 1. The van der Waals surface area contributed by atoms with Crippen molar-refractivity contribution in [2.45, 2.75) is 40.5 Å². The summed E-state index contributed by atoms with van der Waals surface area (Å²) >= 11 is 0. The molecule has 0 amide bonds. The summed E-state index contributed by atoms with van der Waals surface area (Å²) in [7, 11) is 0. The van der Waals surface area contributed by atoms with Gasteiger partial charge in [-0.15, -0.1) is 0 Å². The fraction of sp³-hybridized carbons (Fsp3) is 0.643. The van der Waals surface area contributed by atoms with Crippen LogP contribution in [0.3, 0.4) is 0 Å². The van der Waals surface area contributed by atoms with Crippen LogP contribution in [0, 0.1) is 17.3 Å².